The molecule has 0 atom stereocenters. The van der Waals surface area contributed by atoms with Crippen molar-refractivity contribution in [1.82, 2.24) is 0 Å². The molecule has 14 rings (SSSR count). The molecule has 2 nitrogen and oxygen atoms in total. The molecule has 0 fully saturated rings. The van der Waals surface area contributed by atoms with Crippen LogP contribution in [0, 0.1) is 13.8 Å². The summed E-state index contributed by atoms with van der Waals surface area (Å²) in [6, 6.07) is 75.8. The first-order chi connectivity index (χ1) is 36.2. The highest BCUT2D eigenvalue weighted by Gasteiger charge is 2.30. The zero-order valence-electron chi connectivity index (χ0n) is 42.3. The first-order valence-corrected chi connectivity index (χ1v) is 27.6. The molecule has 0 radical (unpaired) electrons. The SMILES string of the molecule is Cc1ccc(-c2ccccc2)cc1N(c1cc(N(c2cc(-c3ccccc3)ccc2C)c2cccc3c2sc2ccccc23)c2ccc3cc(C(C)(C)C)cc4ccc1c2c43)c1cccc2c3c(sc12)CCC=C3. The van der Waals surface area contributed by atoms with E-state index in [4.69, 9.17) is 0 Å². The monoisotopic (exact) mass is 986 g/mol. The summed E-state index contributed by atoms with van der Waals surface area (Å²) in [6.45, 7) is 11.6. The number of allylic oxidation sites excluding steroid dienone is 1. The number of hydrogen-bond acceptors (Lipinski definition) is 4. The Morgan fingerprint density at radius 2 is 0.946 bits per heavy atom. The van der Waals surface area contributed by atoms with Gasteiger partial charge in [-0.25, -0.2) is 0 Å². The van der Waals surface area contributed by atoms with E-state index in [0.717, 1.165) is 35.6 Å². The molecule has 1 aliphatic carbocycles. The van der Waals surface area contributed by atoms with Crippen LogP contribution in [0.3, 0.4) is 0 Å². The zero-order valence-corrected chi connectivity index (χ0v) is 44.0. The summed E-state index contributed by atoms with van der Waals surface area (Å²) in [7, 11) is 0. The Hall–Kier alpha value is -8.02. The van der Waals surface area contributed by atoms with Crippen molar-refractivity contribution < 1.29 is 0 Å². The predicted molar refractivity (Wildman–Crippen MR) is 324 cm³/mol. The Balaban J connectivity index is 1.16. The average Bonchev–Trinajstić information content (AvgIpc) is 4.08. The molecule has 74 heavy (non-hydrogen) atoms. The lowest BCUT2D eigenvalue weighted by atomic mass is 9.83. The lowest BCUT2D eigenvalue weighted by Crippen LogP contribution is -2.16. The third-order valence-corrected chi connectivity index (χ3v) is 18.1. The molecule has 0 aliphatic heterocycles. The standard InChI is InChI=1S/C70H54N2S2/c1-43-30-32-47(45-18-8-6-9-19-45)40-60(43)71(58-26-16-24-54-52-22-12-14-28-64(52)73-68(54)58)62-42-63(57-37-35-50-39-51(70(3,4)5)38-49-34-36-56(62)67(57)66(49)50)72(61-41-48(33-31-44(61)2)46-20-10-7-11-21-46)59-27-17-25-55-53-23-13-15-29-65(53)74-69(55)59/h6-14,16-28,30-42H,15,29H2,1-5H3. The molecule has 1 aliphatic rings. The molecule has 0 unspecified atom stereocenters. The van der Waals surface area contributed by atoms with Crippen molar-refractivity contribution in [2.24, 2.45) is 0 Å². The highest BCUT2D eigenvalue weighted by molar-refractivity contribution is 7.26. The minimum atomic E-state index is -0.0202. The highest BCUT2D eigenvalue weighted by atomic mass is 32.1. The molecule has 2 heterocycles. The Bertz CT molecular complexity index is 4360. The fraction of sp³-hybridized carbons (Fsp3) is 0.114. The van der Waals surface area contributed by atoms with Gasteiger partial charge in [-0.3, -0.25) is 0 Å². The number of thiophene rings is 2. The van der Waals surface area contributed by atoms with Crippen LogP contribution >= 0.6 is 22.7 Å². The fourth-order valence-electron chi connectivity index (χ4n) is 11.8. The Labute approximate surface area is 441 Å². The first-order valence-electron chi connectivity index (χ1n) is 26.0. The summed E-state index contributed by atoms with van der Waals surface area (Å²) >= 11 is 3.87. The number of aryl methyl sites for hydroxylation is 3. The minimum Gasteiger partial charge on any atom is -0.308 e. The van der Waals surface area contributed by atoms with Crippen molar-refractivity contribution in [2.75, 3.05) is 9.80 Å². The number of nitrogens with zero attached hydrogens (tertiary/aromatic N) is 2. The summed E-state index contributed by atoms with van der Waals surface area (Å²) < 4.78 is 3.87. The number of fused-ring (bicyclic) bond motifs is 6. The zero-order chi connectivity index (χ0) is 49.8. The Kier molecular flexibility index (Phi) is 10.4. The van der Waals surface area contributed by atoms with Gasteiger partial charge >= 0.3 is 0 Å². The van der Waals surface area contributed by atoms with Gasteiger partial charge in [0.05, 0.1) is 32.1 Å². The second-order valence-corrected chi connectivity index (χ2v) is 23.4. The second kappa shape index (κ2) is 17.3. The van der Waals surface area contributed by atoms with Crippen molar-refractivity contribution >= 4 is 125 Å². The Morgan fingerprint density at radius 3 is 1.54 bits per heavy atom. The molecular formula is C70H54N2S2. The molecule has 4 heteroatoms. The van der Waals surface area contributed by atoms with Crippen LogP contribution < -0.4 is 9.80 Å². The molecule has 13 aromatic rings. The van der Waals surface area contributed by atoms with Gasteiger partial charge in [0.25, 0.3) is 0 Å². The summed E-state index contributed by atoms with van der Waals surface area (Å²) in [5, 5.41) is 11.4. The molecular weight excluding hydrogens is 933 g/mol. The molecule has 2 aromatic heterocycles. The summed E-state index contributed by atoms with van der Waals surface area (Å²) in [5.74, 6) is 0. The summed E-state index contributed by atoms with van der Waals surface area (Å²) in [4.78, 5) is 6.72. The van der Waals surface area contributed by atoms with Gasteiger partial charge in [-0.2, -0.15) is 0 Å². The van der Waals surface area contributed by atoms with E-state index in [1.165, 1.54) is 123 Å². The summed E-state index contributed by atoms with van der Waals surface area (Å²) in [6.07, 6.45) is 6.85. The van der Waals surface area contributed by atoms with Crippen LogP contribution in [-0.2, 0) is 11.8 Å². The van der Waals surface area contributed by atoms with Crippen LogP contribution in [-0.4, -0.2) is 0 Å². The van der Waals surface area contributed by atoms with Crippen LogP contribution in [0.4, 0.5) is 34.1 Å². The number of rotatable bonds is 8. The molecule has 0 bridgehead atoms. The van der Waals surface area contributed by atoms with E-state index in [0.29, 0.717) is 0 Å². The largest absolute Gasteiger partial charge is 0.308 e. The highest BCUT2D eigenvalue weighted by Crippen LogP contribution is 2.55. The maximum atomic E-state index is 2.64. The van der Waals surface area contributed by atoms with Crippen LogP contribution in [0.25, 0.3) is 90.9 Å². The molecule has 0 saturated heterocycles. The Morgan fingerprint density at radius 1 is 0.405 bits per heavy atom. The van der Waals surface area contributed by atoms with E-state index in [9.17, 15) is 0 Å². The minimum absolute atomic E-state index is 0.0202. The lowest BCUT2D eigenvalue weighted by Gasteiger charge is -2.34. The third kappa shape index (κ3) is 7.18. The molecule has 0 N–H and O–H groups in total. The average molecular weight is 987 g/mol. The maximum Gasteiger partial charge on any atom is 0.0640 e. The second-order valence-electron chi connectivity index (χ2n) is 21.3. The summed E-state index contributed by atoms with van der Waals surface area (Å²) in [5.41, 5.74) is 16.8. The van der Waals surface area contributed by atoms with Gasteiger partial charge in [0.2, 0.25) is 0 Å². The van der Waals surface area contributed by atoms with Gasteiger partial charge in [0.15, 0.2) is 0 Å². The van der Waals surface area contributed by atoms with Crippen molar-refractivity contribution in [3.8, 4) is 22.3 Å². The number of hydrogen-bond donors (Lipinski definition) is 0. The van der Waals surface area contributed by atoms with Crippen molar-refractivity contribution in [3.05, 3.63) is 233 Å². The van der Waals surface area contributed by atoms with Crippen molar-refractivity contribution in [3.63, 3.8) is 0 Å². The van der Waals surface area contributed by atoms with E-state index < -0.39 is 0 Å². The first kappa shape index (κ1) is 44.7. The van der Waals surface area contributed by atoms with Gasteiger partial charge < -0.3 is 9.80 Å². The van der Waals surface area contributed by atoms with Gasteiger partial charge in [0, 0.05) is 53.3 Å². The van der Waals surface area contributed by atoms with Gasteiger partial charge in [-0.05, 0) is 129 Å². The van der Waals surface area contributed by atoms with Gasteiger partial charge in [0.1, 0.15) is 0 Å². The lowest BCUT2D eigenvalue weighted by molar-refractivity contribution is 0.591. The topological polar surface area (TPSA) is 6.48 Å². The van der Waals surface area contributed by atoms with E-state index in [1.54, 1.807) is 0 Å². The fourth-order valence-corrected chi connectivity index (χ4v) is 14.3. The molecule has 356 valence electrons. The quantitative estimate of drug-likeness (QED) is 0.140. The van der Waals surface area contributed by atoms with E-state index in [1.807, 2.05) is 22.7 Å². The van der Waals surface area contributed by atoms with Crippen molar-refractivity contribution in [2.45, 2.75) is 52.9 Å². The van der Waals surface area contributed by atoms with Crippen LogP contribution in [0.5, 0.6) is 0 Å². The van der Waals surface area contributed by atoms with Gasteiger partial charge in [-0.15, -0.1) is 22.7 Å². The number of benzene rings is 11. The van der Waals surface area contributed by atoms with Gasteiger partial charge in [-0.1, -0.05) is 197 Å². The van der Waals surface area contributed by atoms with Crippen molar-refractivity contribution in [1.29, 1.82) is 0 Å². The molecule has 0 spiro atoms. The number of anilines is 6. The van der Waals surface area contributed by atoms with Crippen LogP contribution in [0.2, 0.25) is 0 Å². The van der Waals surface area contributed by atoms with E-state index in [2.05, 4.69) is 257 Å². The van der Waals surface area contributed by atoms with Crippen LogP contribution in [0.1, 0.15) is 54.3 Å². The third-order valence-electron chi connectivity index (χ3n) is 15.6. The maximum absolute atomic E-state index is 2.64. The van der Waals surface area contributed by atoms with E-state index >= 15 is 0 Å². The molecule has 0 amide bonds. The van der Waals surface area contributed by atoms with E-state index in [-0.39, 0.29) is 5.41 Å². The van der Waals surface area contributed by atoms with Crippen LogP contribution in [0.15, 0.2) is 206 Å². The normalized spacial score (nSPS) is 12.8. The smallest absolute Gasteiger partial charge is 0.0640 e. The predicted octanol–water partition coefficient (Wildman–Crippen LogP) is 21.3. The molecule has 11 aromatic carbocycles. The molecule has 0 saturated carbocycles.